The average molecular weight is 256 g/mol. The van der Waals surface area contributed by atoms with Gasteiger partial charge in [-0.2, -0.15) is 0 Å². The Bertz CT molecular complexity index is 215. The van der Waals surface area contributed by atoms with Crippen molar-refractivity contribution in [2.75, 3.05) is 46.9 Å². The molecule has 3 heteroatoms. The van der Waals surface area contributed by atoms with Crippen molar-refractivity contribution in [2.45, 2.75) is 33.8 Å². The van der Waals surface area contributed by atoms with Crippen LogP contribution in [-0.4, -0.2) is 62.8 Å². The van der Waals surface area contributed by atoms with Crippen molar-refractivity contribution in [1.29, 1.82) is 0 Å². The molecule has 0 heterocycles. The van der Waals surface area contributed by atoms with Gasteiger partial charge in [0.1, 0.15) is 0 Å². The quantitative estimate of drug-likeness (QED) is 0.559. The second-order valence-corrected chi connectivity index (χ2v) is 5.66. The molecule has 0 aliphatic heterocycles. The van der Waals surface area contributed by atoms with E-state index in [0.29, 0.717) is 12.0 Å². The topological polar surface area (TPSA) is 15.7 Å². The Labute approximate surface area is 114 Å². The molecule has 108 valence electrons. The van der Waals surface area contributed by atoms with Crippen molar-refractivity contribution < 1.29 is 4.74 Å². The zero-order valence-corrected chi connectivity index (χ0v) is 13.1. The Morgan fingerprint density at radius 3 is 2.11 bits per heavy atom. The third-order valence-corrected chi connectivity index (χ3v) is 2.73. The van der Waals surface area contributed by atoms with Crippen molar-refractivity contribution in [3.8, 4) is 0 Å². The van der Waals surface area contributed by atoms with Gasteiger partial charge in [-0.25, -0.2) is 0 Å². The minimum atomic E-state index is 0.335. The van der Waals surface area contributed by atoms with Gasteiger partial charge < -0.3 is 14.5 Å². The molecule has 0 atom stereocenters. The first-order valence-corrected chi connectivity index (χ1v) is 7.07. The van der Waals surface area contributed by atoms with Gasteiger partial charge in [-0.1, -0.05) is 26.0 Å². The van der Waals surface area contributed by atoms with Crippen molar-refractivity contribution in [3.63, 3.8) is 0 Å². The number of rotatable bonds is 10. The lowest BCUT2D eigenvalue weighted by molar-refractivity contribution is 0.0627. The molecule has 0 aliphatic carbocycles. The molecule has 0 aromatic heterocycles. The van der Waals surface area contributed by atoms with E-state index in [1.54, 1.807) is 0 Å². The number of allylic oxidation sites excluding steroid dienone is 1. The summed E-state index contributed by atoms with van der Waals surface area (Å²) >= 11 is 0. The fraction of sp³-hybridized carbons (Fsp3) is 0.867. The van der Waals surface area contributed by atoms with E-state index in [9.17, 15) is 0 Å². The van der Waals surface area contributed by atoms with Crippen molar-refractivity contribution in [3.05, 3.63) is 12.2 Å². The zero-order chi connectivity index (χ0) is 14.0. The van der Waals surface area contributed by atoms with E-state index in [4.69, 9.17) is 4.74 Å². The number of likely N-dealkylation sites (N-methyl/N-ethyl adjacent to an activating group) is 2. The van der Waals surface area contributed by atoms with Crippen molar-refractivity contribution in [1.82, 2.24) is 9.80 Å². The molecule has 3 nitrogen and oxygen atoms in total. The molecular formula is C15H32N2O. The Balaban J connectivity index is 3.55. The van der Waals surface area contributed by atoms with E-state index in [1.165, 1.54) is 0 Å². The second kappa shape index (κ2) is 10.5. The third-order valence-electron chi connectivity index (χ3n) is 2.73. The summed E-state index contributed by atoms with van der Waals surface area (Å²) in [5, 5.41) is 0. The van der Waals surface area contributed by atoms with Gasteiger partial charge in [0.15, 0.2) is 0 Å². The fourth-order valence-corrected chi connectivity index (χ4v) is 1.50. The van der Waals surface area contributed by atoms with Gasteiger partial charge in [-0.05, 0) is 33.9 Å². The molecule has 0 unspecified atom stereocenters. The molecule has 0 bridgehead atoms. The van der Waals surface area contributed by atoms with Gasteiger partial charge in [0.25, 0.3) is 0 Å². The van der Waals surface area contributed by atoms with Gasteiger partial charge in [0.05, 0.1) is 12.7 Å². The highest BCUT2D eigenvalue weighted by Crippen LogP contribution is 1.95. The summed E-state index contributed by atoms with van der Waals surface area (Å²) in [5.41, 5.74) is 0. The average Bonchev–Trinajstić information content (AvgIpc) is 2.25. The molecule has 0 aliphatic rings. The molecule has 18 heavy (non-hydrogen) atoms. The number of hydrogen-bond donors (Lipinski definition) is 0. The molecule has 0 fully saturated rings. The first-order chi connectivity index (χ1) is 8.41. The summed E-state index contributed by atoms with van der Waals surface area (Å²) in [6, 6.07) is 0. The smallest absolute Gasteiger partial charge is 0.0596 e. The first kappa shape index (κ1) is 17.6. The van der Waals surface area contributed by atoms with Crippen LogP contribution in [-0.2, 0) is 4.74 Å². The molecule has 0 saturated carbocycles. The van der Waals surface area contributed by atoms with E-state index in [0.717, 1.165) is 32.8 Å². The molecule has 0 aromatic rings. The van der Waals surface area contributed by atoms with E-state index in [2.05, 4.69) is 63.7 Å². The first-order valence-electron chi connectivity index (χ1n) is 7.07. The van der Waals surface area contributed by atoms with Crippen molar-refractivity contribution >= 4 is 0 Å². The Morgan fingerprint density at radius 1 is 0.944 bits per heavy atom. The van der Waals surface area contributed by atoms with Gasteiger partial charge in [0.2, 0.25) is 0 Å². The lowest BCUT2D eigenvalue weighted by Crippen LogP contribution is -2.33. The predicted octanol–water partition coefficient (Wildman–Crippen LogP) is 2.49. The normalized spacial score (nSPS) is 12.8. The van der Waals surface area contributed by atoms with Crippen LogP contribution in [0.1, 0.15) is 27.7 Å². The number of ether oxygens (including phenoxy) is 1. The summed E-state index contributed by atoms with van der Waals surface area (Å²) in [6.45, 7) is 13.6. The molecule has 0 saturated heterocycles. The lowest BCUT2D eigenvalue weighted by atomic mass is 10.2. The van der Waals surface area contributed by atoms with Crippen LogP contribution >= 0.6 is 0 Å². The molecular weight excluding hydrogens is 224 g/mol. The molecule has 0 spiro atoms. The van der Waals surface area contributed by atoms with Crippen LogP contribution in [0.15, 0.2) is 12.2 Å². The zero-order valence-electron chi connectivity index (χ0n) is 13.1. The van der Waals surface area contributed by atoms with Crippen LogP contribution in [0.25, 0.3) is 0 Å². The summed E-state index contributed by atoms with van der Waals surface area (Å²) in [6.07, 6.45) is 4.85. The number of nitrogens with zero attached hydrogens (tertiary/aromatic N) is 2. The van der Waals surface area contributed by atoms with Crippen LogP contribution in [0, 0.1) is 5.92 Å². The van der Waals surface area contributed by atoms with Crippen molar-refractivity contribution in [2.24, 2.45) is 5.92 Å². The van der Waals surface area contributed by atoms with Crippen LogP contribution in [0.3, 0.4) is 0 Å². The van der Waals surface area contributed by atoms with E-state index >= 15 is 0 Å². The van der Waals surface area contributed by atoms with Crippen LogP contribution in [0.4, 0.5) is 0 Å². The SMILES string of the molecule is CC(C)/C=C\CN(C)CCN(C)CCOC(C)C. The maximum absolute atomic E-state index is 5.54. The molecule has 0 aromatic carbocycles. The lowest BCUT2D eigenvalue weighted by Gasteiger charge is -2.21. The van der Waals surface area contributed by atoms with E-state index in [-0.39, 0.29) is 0 Å². The minimum Gasteiger partial charge on any atom is -0.377 e. The summed E-state index contributed by atoms with van der Waals surface area (Å²) < 4.78 is 5.54. The van der Waals surface area contributed by atoms with E-state index in [1.807, 2.05) is 0 Å². The van der Waals surface area contributed by atoms with Gasteiger partial charge >= 0.3 is 0 Å². The monoisotopic (exact) mass is 256 g/mol. The van der Waals surface area contributed by atoms with Crippen LogP contribution < -0.4 is 0 Å². The standard InChI is InChI=1S/C15H32N2O/c1-14(2)8-7-9-16(5)10-11-17(6)12-13-18-15(3)4/h7-8,14-15H,9-13H2,1-6H3/b8-7-. The Kier molecular flexibility index (Phi) is 10.3. The van der Waals surface area contributed by atoms with Gasteiger partial charge in [-0.3, -0.25) is 0 Å². The van der Waals surface area contributed by atoms with E-state index < -0.39 is 0 Å². The molecule has 0 N–H and O–H groups in total. The maximum Gasteiger partial charge on any atom is 0.0596 e. The molecule has 0 rings (SSSR count). The highest BCUT2D eigenvalue weighted by atomic mass is 16.5. The number of hydrogen-bond acceptors (Lipinski definition) is 3. The van der Waals surface area contributed by atoms with Gasteiger partial charge in [0, 0.05) is 26.2 Å². The van der Waals surface area contributed by atoms with Crippen LogP contribution in [0.5, 0.6) is 0 Å². The second-order valence-electron chi connectivity index (χ2n) is 5.66. The third kappa shape index (κ3) is 12.1. The highest BCUT2D eigenvalue weighted by Gasteiger charge is 2.01. The Morgan fingerprint density at radius 2 is 1.56 bits per heavy atom. The predicted molar refractivity (Wildman–Crippen MR) is 80.1 cm³/mol. The summed E-state index contributed by atoms with van der Waals surface area (Å²) in [5.74, 6) is 0.647. The van der Waals surface area contributed by atoms with Crippen LogP contribution in [0.2, 0.25) is 0 Å². The molecule has 0 amide bonds. The maximum atomic E-state index is 5.54. The molecule has 0 radical (unpaired) electrons. The Hall–Kier alpha value is -0.380. The summed E-state index contributed by atoms with van der Waals surface area (Å²) in [7, 11) is 4.32. The largest absolute Gasteiger partial charge is 0.377 e. The highest BCUT2D eigenvalue weighted by molar-refractivity contribution is 4.86. The fourth-order valence-electron chi connectivity index (χ4n) is 1.50. The summed E-state index contributed by atoms with van der Waals surface area (Å²) in [4.78, 5) is 4.67. The minimum absolute atomic E-state index is 0.335. The van der Waals surface area contributed by atoms with Gasteiger partial charge in [-0.15, -0.1) is 0 Å².